The van der Waals surface area contributed by atoms with Crippen molar-refractivity contribution < 1.29 is 13.2 Å². The molecule has 0 aliphatic heterocycles. The predicted octanol–water partition coefficient (Wildman–Crippen LogP) is 3.04. The van der Waals surface area contributed by atoms with Crippen LogP contribution in [-0.4, -0.2) is 37.4 Å². The van der Waals surface area contributed by atoms with Crippen molar-refractivity contribution >= 4 is 10.0 Å². The van der Waals surface area contributed by atoms with Gasteiger partial charge in [0.2, 0.25) is 10.0 Å². The standard InChI is InChI=1S/C18H24N2O3S/c1-14(2)23-18-6-5-17(13-15(18)3)24(21,22)20(4)12-9-16-7-10-19-11-8-16/h5-8,10-11,13-14H,9,12H2,1-4H3. The van der Waals surface area contributed by atoms with Crippen LogP contribution in [-0.2, 0) is 16.4 Å². The lowest BCUT2D eigenvalue weighted by atomic mass is 10.2. The number of aryl methyl sites for hydroxylation is 1. The molecule has 0 bridgehead atoms. The van der Waals surface area contributed by atoms with E-state index < -0.39 is 10.0 Å². The first-order chi connectivity index (χ1) is 11.3. The molecular weight excluding hydrogens is 324 g/mol. The number of aromatic nitrogens is 1. The van der Waals surface area contributed by atoms with E-state index in [0.29, 0.717) is 18.7 Å². The monoisotopic (exact) mass is 348 g/mol. The van der Waals surface area contributed by atoms with E-state index in [1.807, 2.05) is 32.9 Å². The lowest BCUT2D eigenvalue weighted by Gasteiger charge is -2.19. The van der Waals surface area contributed by atoms with E-state index in [4.69, 9.17) is 4.74 Å². The van der Waals surface area contributed by atoms with Crippen LogP contribution < -0.4 is 4.74 Å². The molecule has 2 rings (SSSR count). The molecule has 0 aliphatic rings. The number of sulfonamides is 1. The zero-order valence-electron chi connectivity index (χ0n) is 14.6. The Bertz CT molecular complexity index is 774. The number of hydrogen-bond donors (Lipinski definition) is 0. The fourth-order valence-electron chi connectivity index (χ4n) is 2.30. The third-order valence-electron chi connectivity index (χ3n) is 3.68. The quantitative estimate of drug-likeness (QED) is 0.772. The van der Waals surface area contributed by atoms with Crippen LogP contribution in [0.2, 0.25) is 0 Å². The molecule has 1 heterocycles. The minimum absolute atomic E-state index is 0.0502. The summed E-state index contributed by atoms with van der Waals surface area (Å²) in [5, 5.41) is 0. The number of rotatable bonds is 7. The van der Waals surface area contributed by atoms with Crippen molar-refractivity contribution in [3.05, 3.63) is 53.9 Å². The van der Waals surface area contributed by atoms with Gasteiger partial charge in [-0.25, -0.2) is 12.7 Å². The van der Waals surface area contributed by atoms with Gasteiger partial charge in [0.05, 0.1) is 11.0 Å². The Labute approximate surface area is 144 Å². The maximum Gasteiger partial charge on any atom is 0.242 e. The van der Waals surface area contributed by atoms with Crippen LogP contribution in [0.15, 0.2) is 47.6 Å². The number of benzene rings is 1. The van der Waals surface area contributed by atoms with E-state index in [1.165, 1.54) is 4.31 Å². The summed E-state index contributed by atoms with van der Waals surface area (Å²) >= 11 is 0. The first kappa shape index (κ1) is 18.4. The molecule has 2 aromatic rings. The summed E-state index contributed by atoms with van der Waals surface area (Å²) in [6.07, 6.45) is 4.11. The lowest BCUT2D eigenvalue weighted by Crippen LogP contribution is -2.29. The predicted molar refractivity (Wildman–Crippen MR) is 94.7 cm³/mol. The number of pyridine rings is 1. The van der Waals surface area contributed by atoms with Crippen molar-refractivity contribution in [2.24, 2.45) is 0 Å². The minimum atomic E-state index is -3.51. The highest BCUT2D eigenvalue weighted by Crippen LogP contribution is 2.24. The maximum atomic E-state index is 12.7. The normalized spacial score (nSPS) is 11.9. The van der Waals surface area contributed by atoms with E-state index in [0.717, 1.165) is 11.1 Å². The molecule has 0 atom stereocenters. The highest BCUT2D eigenvalue weighted by Gasteiger charge is 2.21. The van der Waals surface area contributed by atoms with E-state index >= 15 is 0 Å². The van der Waals surface area contributed by atoms with E-state index in [2.05, 4.69) is 4.98 Å². The van der Waals surface area contributed by atoms with Gasteiger partial charge in [0.1, 0.15) is 5.75 Å². The summed E-state index contributed by atoms with van der Waals surface area (Å²) < 4.78 is 32.5. The van der Waals surface area contributed by atoms with Gasteiger partial charge in [-0.2, -0.15) is 0 Å². The minimum Gasteiger partial charge on any atom is -0.491 e. The molecule has 24 heavy (non-hydrogen) atoms. The molecule has 0 aliphatic carbocycles. The van der Waals surface area contributed by atoms with Crippen molar-refractivity contribution in [1.29, 1.82) is 0 Å². The van der Waals surface area contributed by atoms with Crippen LogP contribution in [0.3, 0.4) is 0 Å². The third-order valence-corrected chi connectivity index (χ3v) is 5.53. The van der Waals surface area contributed by atoms with Crippen LogP contribution in [0.4, 0.5) is 0 Å². The summed E-state index contributed by atoms with van der Waals surface area (Å²) in [4.78, 5) is 4.25. The molecule has 0 saturated carbocycles. The molecule has 0 amide bonds. The van der Waals surface area contributed by atoms with Crippen molar-refractivity contribution in [2.45, 2.75) is 38.2 Å². The van der Waals surface area contributed by atoms with Gasteiger partial charge in [0, 0.05) is 26.0 Å². The molecule has 0 radical (unpaired) electrons. The Morgan fingerprint density at radius 2 is 1.83 bits per heavy atom. The Kier molecular flexibility index (Phi) is 5.96. The Morgan fingerprint density at radius 3 is 2.42 bits per heavy atom. The first-order valence-electron chi connectivity index (χ1n) is 7.93. The van der Waals surface area contributed by atoms with Crippen LogP contribution in [0.1, 0.15) is 25.0 Å². The molecule has 1 aromatic heterocycles. The molecule has 1 aromatic carbocycles. The van der Waals surface area contributed by atoms with Gasteiger partial charge < -0.3 is 4.74 Å². The van der Waals surface area contributed by atoms with Crippen molar-refractivity contribution in [3.8, 4) is 5.75 Å². The van der Waals surface area contributed by atoms with Crippen LogP contribution >= 0.6 is 0 Å². The molecule has 0 spiro atoms. The second-order valence-corrected chi connectivity index (χ2v) is 8.07. The summed E-state index contributed by atoms with van der Waals surface area (Å²) in [6.45, 7) is 6.15. The first-order valence-corrected chi connectivity index (χ1v) is 9.37. The number of ether oxygens (including phenoxy) is 1. The van der Waals surface area contributed by atoms with E-state index in [1.54, 1.807) is 37.6 Å². The highest BCUT2D eigenvalue weighted by molar-refractivity contribution is 7.89. The van der Waals surface area contributed by atoms with E-state index in [9.17, 15) is 8.42 Å². The number of nitrogens with zero attached hydrogens (tertiary/aromatic N) is 2. The SMILES string of the molecule is Cc1cc(S(=O)(=O)N(C)CCc2ccncc2)ccc1OC(C)C. The average Bonchev–Trinajstić information content (AvgIpc) is 2.55. The second-order valence-electron chi connectivity index (χ2n) is 6.03. The average molecular weight is 348 g/mol. The largest absolute Gasteiger partial charge is 0.491 e. The molecule has 130 valence electrons. The zero-order valence-corrected chi connectivity index (χ0v) is 15.4. The molecule has 0 fully saturated rings. The van der Waals surface area contributed by atoms with Gasteiger partial charge in [-0.3, -0.25) is 4.98 Å². The lowest BCUT2D eigenvalue weighted by molar-refractivity contribution is 0.240. The summed E-state index contributed by atoms with van der Waals surface area (Å²) in [5.74, 6) is 0.711. The number of hydrogen-bond acceptors (Lipinski definition) is 4. The van der Waals surface area contributed by atoms with Gasteiger partial charge in [-0.05, 0) is 68.7 Å². The van der Waals surface area contributed by atoms with Crippen LogP contribution in [0.25, 0.3) is 0 Å². The molecule has 0 unspecified atom stereocenters. The molecule has 5 nitrogen and oxygen atoms in total. The van der Waals surface area contributed by atoms with Gasteiger partial charge in [-0.15, -0.1) is 0 Å². The molecule has 0 saturated heterocycles. The fraction of sp³-hybridized carbons (Fsp3) is 0.389. The summed E-state index contributed by atoms with van der Waals surface area (Å²) in [5.41, 5.74) is 1.87. The topological polar surface area (TPSA) is 59.5 Å². The smallest absolute Gasteiger partial charge is 0.242 e. The van der Waals surface area contributed by atoms with Crippen molar-refractivity contribution in [2.75, 3.05) is 13.6 Å². The Hall–Kier alpha value is -1.92. The maximum absolute atomic E-state index is 12.7. The second kappa shape index (κ2) is 7.77. The van der Waals surface area contributed by atoms with E-state index in [-0.39, 0.29) is 11.0 Å². The van der Waals surface area contributed by atoms with Gasteiger partial charge in [-0.1, -0.05) is 0 Å². The fourth-order valence-corrected chi connectivity index (χ4v) is 3.56. The van der Waals surface area contributed by atoms with Gasteiger partial charge in [0.25, 0.3) is 0 Å². The summed E-state index contributed by atoms with van der Waals surface area (Å²) in [7, 11) is -1.91. The highest BCUT2D eigenvalue weighted by atomic mass is 32.2. The Morgan fingerprint density at radius 1 is 1.17 bits per heavy atom. The molecular formula is C18H24N2O3S. The molecule has 0 N–H and O–H groups in total. The van der Waals surface area contributed by atoms with Gasteiger partial charge >= 0.3 is 0 Å². The summed E-state index contributed by atoms with van der Waals surface area (Å²) in [6, 6.07) is 8.77. The van der Waals surface area contributed by atoms with Crippen LogP contribution in [0.5, 0.6) is 5.75 Å². The van der Waals surface area contributed by atoms with Gasteiger partial charge in [0.15, 0.2) is 0 Å². The van der Waals surface area contributed by atoms with Crippen LogP contribution in [0, 0.1) is 6.92 Å². The molecule has 6 heteroatoms. The third kappa shape index (κ3) is 4.55. The number of likely N-dealkylation sites (N-methyl/N-ethyl adjacent to an activating group) is 1. The Balaban J connectivity index is 2.12. The van der Waals surface area contributed by atoms with Crippen molar-refractivity contribution in [1.82, 2.24) is 9.29 Å². The zero-order chi connectivity index (χ0) is 17.7. The van der Waals surface area contributed by atoms with Crippen molar-refractivity contribution in [3.63, 3.8) is 0 Å².